The minimum absolute atomic E-state index is 0.0157. The van der Waals surface area contributed by atoms with E-state index in [1.165, 1.54) is 12.7 Å². The van der Waals surface area contributed by atoms with Gasteiger partial charge in [-0.05, 0) is 18.6 Å². The number of hydrogen-bond donors (Lipinski definition) is 3. The second-order valence-corrected chi connectivity index (χ2v) is 7.62. The van der Waals surface area contributed by atoms with Crippen LogP contribution in [0.2, 0.25) is 0 Å². The molecule has 0 spiro atoms. The summed E-state index contributed by atoms with van der Waals surface area (Å²) in [5, 5.41) is 24.5. The van der Waals surface area contributed by atoms with Gasteiger partial charge in [0.1, 0.15) is 31.2 Å². The monoisotopic (exact) mass is 424 g/mol. The Labute approximate surface area is 172 Å². The minimum atomic E-state index is -1.18. The summed E-state index contributed by atoms with van der Waals surface area (Å²) in [5.74, 6) is 0.591. The molecule has 0 amide bonds. The molecule has 158 valence electrons. The summed E-state index contributed by atoms with van der Waals surface area (Å²) in [6.45, 7) is 1.34. The molecule has 0 saturated carbocycles. The van der Waals surface area contributed by atoms with Gasteiger partial charge in [0.2, 0.25) is 0 Å². The third kappa shape index (κ3) is 3.98. The summed E-state index contributed by atoms with van der Waals surface area (Å²) in [4.78, 5) is 14.6. The first kappa shape index (κ1) is 20.2. The molecule has 11 nitrogen and oxygen atoms in total. The predicted molar refractivity (Wildman–Crippen MR) is 106 cm³/mol. The molecule has 29 heavy (non-hydrogen) atoms. The maximum Gasteiger partial charge on any atom is 0.258 e. The van der Waals surface area contributed by atoms with E-state index in [1.54, 1.807) is 23.6 Å². The fourth-order valence-corrected chi connectivity index (χ4v) is 3.43. The molecule has 3 N–H and O–H groups in total. The van der Waals surface area contributed by atoms with E-state index < -0.39 is 24.5 Å². The molecule has 4 rings (SSSR count). The maximum atomic E-state index is 10.5. The Kier molecular flexibility index (Phi) is 5.79. The molecule has 0 aliphatic carbocycles. The van der Waals surface area contributed by atoms with Gasteiger partial charge in [-0.1, -0.05) is 0 Å². The van der Waals surface area contributed by atoms with Gasteiger partial charge in [0.15, 0.2) is 23.2 Å². The minimum Gasteiger partial charge on any atom is -0.468 e. The van der Waals surface area contributed by atoms with Crippen molar-refractivity contribution < 1.29 is 24.4 Å². The van der Waals surface area contributed by atoms with Gasteiger partial charge in [0.05, 0.1) is 19.0 Å². The van der Waals surface area contributed by atoms with Crippen LogP contribution >= 0.6 is 12.2 Å². The summed E-state index contributed by atoms with van der Waals surface area (Å²) in [6, 6.07) is 0.162. The zero-order valence-corrected chi connectivity index (χ0v) is 16.9. The Bertz CT molecular complexity index is 873. The second-order valence-electron chi connectivity index (χ2n) is 7.27. The number of thiocarbonyl (C=S) groups is 1. The lowest BCUT2D eigenvalue weighted by atomic mass is 10.1. The van der Waals surface area contributed by atoms with E-state index in [4.69, 9.17) is 26.4 Å². The molecule has 2 aromatic heterocycles. The highest BCUT2D eigenvalue weighted by molar-refractivity contribution is 7.80. The van der Waals surface area contributed by atoms with E-state index in [9.17, 15) is 10.2 Å². The predicted octanol–water partition coefficient (Wildman–Crippen LogP) is -0.491. The molecular formula is C17H24N6O5S. The van der Waals surface area contributed by atoms with Gasteiger partial charge in [0.25, 0.3) is 5.17 Å². The van der Waals surface area contributed by atoms with Crippen LogP contribution in [0.1, 0.15) is 12.6 Å². The molecule has 2 aliphatic rings. The van der Waals surface area contributed by atoms with Crippen LogP contribution in [0.15, 0.2) is 12.7 Å². The molecule has 12 heteroatoms. The van der Waals surface area contributed by atoms with Gasteiger partial charge < -0.3 is 34.6 Å². The van der Waals surface area contributed by atoms with Gasteiger partial charge in [-0.25, -0.2) is 15.0 Å². The van der Waals surface area contributed by atoms with Gasteiger partial charge in [-0.15, -0.1) is 0 Å². The highest BCUT2D eigenvalue weighted by Crippen LogP contribution is 2.32. The number of imidazole rings is 1. The van der Waals surface area contributed by atoms with E-state index in [2.05, 4.69) is 20.3 Å². The van der Waals surface area contributed by atoms with Crippen LogP contribution in [0.25, 0.3) is 11.2 Å². The number of aliphatic hydroxyl groups is 2. The fraction of sp³-hybridized carbons (Fsp3) is 0.647. The van der Waals surface area contributed by atoms with Crippen molar-refractivity contribution in [2.75, 3.05) is 39.2 Å². The van der Waals surface area contributed by atoms with Gasteiger partial charge in [-0.2, -0.15) is 0 Å². The maximum absolute atomic E-state index is 10.5. The summed E-state index contributed by atoms with van der Waals surface area (Å²) in [7, 11) is 3.51. The zero-order chi connectivity index (χ0) is 20.5. The SMILES string of the molecule is CN(C)C(=S)OC[C@H]1OC(n2cnc3c(N[C@@H]4CCOC4)ncnc32)[C@H](O)[C@@H]1O. The van der Waals surface area contributed by atoms with Gasteiger partial charge >= 0.3 is 0 Å². The first-order valence-corrected chi connectivity index (χ1v) is 9.74. The zero-order valence-electron chi connectivity index (χ0n) is 16.1. The third-order valence-electron chi connectivity index (χ3n) is 4.98. The molecule has 0 aromatic carbocycles. The van der Waals surface area contributed by atoms with Crippen molar-refractivity contribution in [2.24, 2.45) is 0 Å². The molecule has 0 bridgehead atoms. The topological polar surface area (TPSA) is 127 Å². The summed E-state index contributed by atoms with van der Waals surface area (Å²) in [5.41, 5.74) is 1.04. The van der Waals surface area contributed by atoms with Crippen molar-refractivity contribution in [1.82, 2.24) is 24.4 Å². The lowest BCUT2D eigenvalue weighted by Gasteiger charge is -2.19. The number of ether oxygens (including phenoxy) is 3. The molecule has 0 radical (unpaired) electrons. The van der Waals surface area contributed by atoms with E-state index in [1.807, 2.05) is 0 Å². The van der Waals surface area contributed by atoms with E-state index in [-0.39, 0.29) is 17.8 Å². The molecule has 5 atom stereocenters. The van der Waals surface area contributed by atoms with Crippen molar-refractivity contribution in [3.05, 3.63) is 12.7 Å². The van der Waals surface area contributed by atoms with E-state index >= 15 is 0 Å². The number of fused-ring (bicyclic) bond motifs is 1. The van der Waals surface area contributed by atoms with Crippen molar-refractivity contribution in [2.45, 2.75) is 37.0 Å². The number of rotatable bonds is 5. The number of anilines is 1. The largest absolute Gasteiger partial charge is 0.468 e. The van der Waals surface area contributed by atoms with Crippen molar-refractivity contribution in [1.29, 1.82) is 0 Å². The third-order valence-corrected chi connectivity index (χ3v) is 5.46. The van der Waals surface area contributed by atoms with Crippen LogP contribution in [0.3, 0.4) is 0 Å². The molecule has 4 heterocycles. The van der Waals surface area contributed by atoms with Crippen LogP contribution < -0.4 is 5.32 Å². The Morgan fingerprint density at radius 1 is 1.34 bits per heavy atom. The second kappa shape index (κ2) is 8.32. The van der Waals surface area contributed by atoms with Crippen LogP contribution in [-0.2, 0) is 14.2 Å². The normalized spacial score (nSPS) is 29.3. The number of hydrogen-bond acceptors (Lipinski definition) is 10. The average molecular weight is 424 g/mol. The Balaban J connectivity index is 1.52. The lowest BCUT2D eigenvalue weighted by molar-refractivity contribution is -0.0499. The van der Waals surface area contributed by atoms with Crippen molar-refractivity contribution in [3.63, 3.8) is 0 Å². The van der Waals surface area contributed by atoms with Crippen LogP contribution in [0.4, 0.5) is 5.82 Å². The lowest BCUT2D eigenvalue weighted by Crippen LogP contribution is -2.35. The van der Waals surface area contributed by atoms with E-state index in [0.29, 0.717) is 30.2 Å². The number of nitrogens with zero attached hydrogens (tertiary/aromatic N) is 5. The summed E-state index contributed by atoms with van der Waals surface area (Å²) < 4.78 is 18.3. The first-order valence-electron chi connectivity index (χ1n) is 9.33. The highest BCUT2D eigenvalue weighted by Gasteiger charge is 2.45. The van der Waals surface area contributed by atoms with Crippen molar-refractivity contribution >= 4 is 34.4 Å². The van der Waals surface area contributed by atoms with Crippen LogP contribution in [-0.4, -0.2) is 98.1 Å². The number of aromatic nitrogens is 4. The average Bonchev–Trinajstić information content (AvgIpc) is 3.42. The molecule has 2 aliphatic heterocycles. The molecular weight excluding hydrogens is 400 g/mol. The van der Waals surface area contributed by atoms with E-state index in [0.717, 1.165) is 6.42 Å². The Hall–Kier alpha value is -2.12. The van der Waals surface area contributed by atoms with Crippen LogP contribution in [0.5, 0.6) is 0 Å². The molecule has 2 saturated heterocycles. The molecule has 2 aromatic rings. The van der Waals surface area contributed by atoms with Gasteiger partial charge in [0, 0.05) is 20.7 Å². The summed E-state index contributed by atoms with van der Waals surface area (Å²) >= 11 is 5.08. The first-order chi connectivity index (χ1) is 14.0. The van der Waals surface area contributed by atoms with Crippen LogP contribution in [0, 0.1) is 0 Å². The molecule has 2 fully saturated rings. The Morgan fingerprint density at radius 3 is 2.90 bits per heavy atom. The summed E-state index contributed by atoms with van der Waals surface area (Å²) in [6.07, 6.45) is -0.105. The number of aliphatic hydroxyl groups excluding tert-OH is 2. The van der Waals surface area contributed by atoms with Crippen molar-refractivity contribution in [3.8, 4) is 0 Å². The smallest absolute Gasteiger partial charge is 0.258 e. The number of nitrogens with one attached hydrogen (secondary N) is 1. The Morgan fingerprint density at radius 2 is 2.17 bits per heavy atom. The molecule has 1 unspecified atom stereocenters. The standard InChI is InChI=1S/C17H24N6O5S/c1-22(2)17(29)27-6-10-12(24)13(25)16(28-10)23-8-20-11-14(18-7-19-15(11)23)21-9-3-4-26-5-9/h7-10,12-13,16,24-25H,3-6H2,1-2H3,(H,18,19,21)/t9-,10-,12-,13-,16?/m1/s1. The highest BCUT2D eigenvalue weighted by atomic mass is 32.1. The fourth-order valence-electron chi connectivity index (χ4n) is 3.36. The quantitative estimate of drug-likeness (QED) is 0.538. The van der Waals surface area contributed by atoms with Gasteiger partial charge in [-0.3, -0.25) is 4.57 Å².